The van der Waals surface area contributed by atoms with E-state index in [0.29, 0.717) is 40.8 Å². The Labute approximate surface area is 184 Å². The molecule has 2 aromatic carbocycles. The van der Waals surface area contributed by atoms with E-state index in [1.54, 1.807) is 16.8 Å². The van der Waals surface area contributed by atoms with E-state index in [4.69, 9.17) is 14.5 Å². The smallest absolute Gasteiger partial charge is 0.267 e. The summed E-state index contributed by atoms with van der Waals surface area (Å²) in [6.45, 7) is 5.02. The quantitative estimate of drug-likeness (QED) is 0.229. The Hall–Kier alpha value is -3.32. The SMILES string of the molecule is CCOc1ccc(OCCSc2nc3ccccc3c(=O)n2-c2ccc(C)cn2)cc1. The zero-order valence-electron chi connectivity index (χ0n) is 17.4. The van der Waals surface area contributed by atoms with Crippen LogP contribution in [0, 0.1) is 6.92 Å². The minimum Gasteiger partial charge on any atom is -0.494 e. The van der Waals surface area contributed by atoms with Gasteiger partial charge in [-0.1, -0.05) is 30.0 Å². The van der Waals surface area contributed by atoms with Crippen LogP contribution in [-0.2, 0) is 0 Å². The van der Waals surface area contributed by atoms with Crippen LogP contribution in [0.2, 0.25) is 0 Å². The second kappa shape index (κ2) is 9.66. The number of nitrogens with zero attached hydrogens (tertiary/aromatic N) is 3. The van der Waals surface area contributed by atoms with E-state index in [1.807, 2.05) is 68.4 Å². The van der Waals surface area contributed by atoms with Gasteiger partial charge in [-0.2, -0.15) is 0 Å². The first kappa shape index (κ1) is 20.9. The van der Waals surface area contributed by atoms with Gasteiger partial charge in [0.05, 0.1) is 24.1 Å². The predicted octanol–water partition coefficient (Wildman–Crippen LogP) is 4.66. The molecule has 0 unspecified atom stereocenters. The first-order valence-corrected chi connectivity index (χ1v) is 11.1. The van der Waals surface area contributed by atoms with E-state index in [-0.39, 0.29) is 5.56 Å². The minimum atomic E-state index is -0.128. The molecule has 6 nitrogen and oxygen atoms in total. The van der Waals surface area contributed by atoms with Crippen molar-refractivity contribution in [3.05, 3.63) is 82.8 Å². The molecule has 0 bridgehead atoms. The molecule has 31 heavy (non-hydrogen) atoms. The van der Waals surface area contributed by atoms with Crippen LogP contribution in [0.1, 0.15) is 12.5 Å². The first-order chi connectivity index (χ1) is 15.2. The first-order valence-electron chi connectivity index (χ1n) is 10.1. The van der Waals surface area contributed by atoms with Crippen molar-refractivity contribution in [2.45, 2.75) is 19.0 Å². The van der Waals surface area contributed by atoms with E-state index >= 15 is 0 Å². The topological polar surface area (TPSA) is 66.2 Å². The fraction of sp³-hybridized carbons (Fsp3) is 0.208. The molecule has 4 rings (SSSR count). The Morgan fingerprint density at radius 2 is 1.71 bits per heavy atom. The standard InChI is InChI=1S/C24H23N3O3S/c1-3-29-18-9-11-19(12-10-18)30-14-15-31-24-26-21-7-5-4-6-20(21)23(28)27(24)22-13-8-17(2)16-25-22/h4-13,16H,3,14-15H2,1-2H3. The Morgan fingerprint density at radius 1 is 0.968 bits per heavy atom. The highest BCUT2D eigenvalue weighted by Crippen LogP contribution is 2.22. The predicted molar refractivity (Wildman–Crippen MR) is 124 cm³/mol. The molecule has 2 aromatic heterocycles. The molecule has 0 N–H and O–H groups in total. The van der Waals surface area contributed by atoms with E-state index in [0.717, 1.165) is 17.1 Å². The number of pyridine rings is 1. The number of thioether (sulfide) groups is 1. The average Bonchev–Trinajstić information content (AvgIpc) is 2.79. The van der Waals surface area contributed by atoms with Crippen molar-refractivity contribution in [1.82, 2.24) is 14.5 Å². The van der Waals surface area contributed by atoms with Gasteiger partial charge in [0.25, 0.3) is 5.56 Å². The third-order valence-electron chi connectivity index (χ3n) is 4.59. The van der Waals surface area contributed by atoms with Crippen LogP contribution >= 0.6 is 11.8 Å². The molecule has 0 aliphatic rings. The van der Waals surface area contributed by atoms with Crippen molar-refractivity contribution >= 4 is 22.7 Å². The highest BCUT2D eigenvalue weighted by Gasteiger charge is 2.14. The van der Waals surface area contributed by atoms with E-state index in [9.17, 15) is 4.79 Å². The lowest BCUT2D eigenvalue weighted by Crippen LogP contribution is -2.23. The van der Waals surface area contributed by atoms with Gasteiger partial charge in [-0.15, -0.1) is 0 Å². The van der Waals surface area contributed by atoms with Crippen molar-refractivity contribution in [3.8, 4) is 17.3 Å². The number of fused-ring (bicyclic) bond motifs is 1. The highest BCUT2D eigenvalue weighted by molar-refractivity contribution is 7.99. The summed E-state index contributed by atoms with van der Waals surface area (Å²) in [6, 6.07) is 18.7. The Balaban J connectivity index is 1.54. The van der Waals surface area contributed by atoms with Crippen LogP contribution in [0.4, 0.5) is 0 Å². The second-order valence-electron chi connectivity index (χ2n) is 6.85. The van der Waals surface area contributed by atoms with Crippen molar-refractivity contribution in [2.24, 2.45) is 0 Å². The van der Waals surface area contributed by atoms with Gasteiger partial charge >= 0.3 is 0 Å². The van der Waals surface area contributed by atoms with Gasteiger partial charge < -0.3 is 9.47 Å². The summed E-state index contributed by atoms with van der Waals surface area (Å²) < 4.78 is 12.9. The van der Waals surface area contributed by atoms with Crippen molar-refractivity contribution in [3.63, 3.8) is 0 Å². The van der Waals surface area contributed by atoms with Crippen LogP contribution in [0.3, 0.4) is 0 Å². The van der Waals surface area contributed by atoms with E-state index in [1.165, 1.54) is 11.8 Å². The van der Waals surface area contributed by atoms with Crippen LogP contribution < -0.4 is 15.0 Å². The van der Waals surface area contributed by atoms with E-state index < -0.39 is 0 Å². The molecular formula is C24H23N3O3S. The maximum Gasteiger partial charge on any atom is 0.267 e. The summed E-state index contributed by atoms with van der Waals surface area (Å²) >= 11 is 1.47. The molecule has 0 fully saturated rings. The third-order valence-corrected chi connectivity index (χ3v) is 5.49. The number of para-hydroxylation sites is 1. The van der Waals surface area contributed by atoms with Crippen molar-refractivity contribution in [1.29, 1.82) is 0 Å². The fourth-order valence-corrected chi connectivity index (χ4v) is 3.91. The lowest BCUT2D eigenvalue weighted by atomic mass is 10.2. The molecule has 0 amide bonds. The molecule has 158 valence electrons. The molecule has 0 atom stereocenters. The Morgan fingerprint density at radius 3 is 2.42 bits per heavy atom. The lowest BCUT2D eigenvalue weighted by molar-refractivity contribution is 0.332. The number of aryl methyl sites for hydroxylation is 1. The van der Waals surface area contributed by atoms with Crippen LogP contribution in [-0.4, -0.2) is 33.5 Å². The summed E-state index contributed by atoms with van der Waals surface area (Å²) in [5, 5.41) is 1.16. The zero-order chi connectivity index (χ0) is 21.6. The molecule has 0 aliphatic heterocycles. The summed E-state index contributed by atoms with van der Waals surface area (Å²) in [7, 11) is 0. The number of hydrogen-bond acceptors (Lipinski definition) is 6. The fourth-order valence-electron chi connectivity index (χ4n) is 3.09. The molecule has 0 saturated heterocycles. The molecule has 0 aliphatic carbocycles. The maximum atomic E-state index is 13.2. The lowest BCUT2D eigenvalue weighted by Gasteiger charge is -2.13. The Bertz CT molecular complexity index is 1220. The molecule has 7 heteroatoms. The third kappa shape index (κ3) is 4.88. The molecule has 0 spiro atoms. The number of ether oxygens (including phenoxy) is 2. The molecule has 0 radical (unpaired) electrons. The molecule has 2 heterocycles. The maximum absolute atomic E-state index is 13.2. The van der Waals surface area contributed by atoms with Gasteiger partial charge in [0.15, 0.2) is 5.16 Å². The minimum absolute atomic E-state index is 0.128. The van der Waals surface area contributed by atoms with Gasteiger partial charge in [-0.25, -0.2) is 14.5 Å². The van der Waals surface area contributed by atoms with Crippen molar-refractivity contribution in [2.75, 3.05) is 19.0 Å². The summed E-state index contributed by atoms with van der Waals surface area (Å²) in [5.41, 5.74) is 1.58. The normalized spacial score (nSPS) is 10.9. The number of aromatic nitrogens is 3. The number of benzene rings is 2. The van der Waals surface area contributed by atoms with Gasteiger partial charge in [0.1, 0.15) is 17.3 Å². The van der Waals surface area contributed by atoms with Gasteiger partial charge in [-0.05, 0) is 61.9 Å². The molecule has 0 saturated carbocycles. The monoisotopic (exact) mass is 433 g/mol. The summed E-state index contributed by atoms with van der Waals surface area (Å²) in [4.78, 5) is 22.4. The van der Waals surface area contributed by atoms with Crippen LogP contribution in [0.25, 0.3) is 16.7 Å². The van der Waals surface area contributed by atoms with Crippen LogP contribution in [0.5, 0.6) is 11.5 Å². The van der Waals surface area contributed by atoms with Gasteiger partial charge in [0, 0.05) is 11.9 Å². The van der Waals surface area contributed by atoms with Gasteiger partial charge in [-0.3, -0.25) is 4.79 Å². The average molecular weight is 434 g/mol. The van der Waals surface area contributed by atoms with Crippen molar-refractivity contribution < 1.29 is 9.47 Å². The zero-order valence-corrected chi connectivity index (χ0v) is 18.3. The number of rotatable bonds is 8. The van der Waals surface area contributed by atoms with Crippen LogP contribution in [0.15, 0.2) is 76.8 Å². The molecular weight excluding hydrogens is 410 g/mol. The summed E-state index contributed by atoms with van der Waals surface area (Å²) in [6.07, 6.45) is 1.75. The largest absolute Gasteiger partial charge is 0.494 e. The summed E-state index contributed by atoms with van der Waals surface area (Å²) in [5.74, 6) is 2.78. The second-order valence-corrected chi connectivity index (χ2v) is 7.91. The highest BCUT2D eigenvalue weighted by atomic mass is 32.2. The molecule has 4 aromatic rings. The number of hydrogen-bond donors (Lipinski definition) is 0. The van der Waals surface area contributed by atoms with Gasteiger partial charge in [0.2, 0.25) is 0 Å². The Kier molecular flexibility index (Phi) is 6.52. The van der Waals surface area contributed by atoms with E-state index in [2.05, 4.69) is 4.98 Å².